The number of aryl methyl sites for hydroxylation is 2. The third-order valence-corrected chi connectivity index (χ3v) is 3.38. The summed E-state index contributed by atoms with van der Waals surface area (Å²) in [6.45, 7) is 8.39. The first kappa shape index (κ1) is 14.3. The van der Waals surface area contributed by atoms with Crippen LogP contribution in [0, 0.1) is 13.8 Å². The van der Waals surface area contributed by atoms with Crippen molar-refractivity contribution < 1.29 is 9.53 Å². The lowest BCUT2D eigenvalue weighted by Gasteiger charge is -2.13. The zero-order valence-electron chi connectivity index (χ0n) is 12.4. The zero-order valence-corrected chi connectivity index (χ0v) is 12.4. The van der Waals surface area contributed by atoms with Crippen molar-refractivity contribution in [3.8, 4) is 11.5 Å². The molecule has 2 nitrogen and oxygen atoms in total. The number of hydrogen-bond acceptors (Lipinski definition) is 2. The van der Waals surface area contributed by atoms with E-state index in [2.05, 4.69) is 26.8 Å². The number of carbonyl (C=O) groups is 1. The summed E-state index contributed by atoms with van der Waals surface area (Å²) in [4.78, 5) is 11.1. The highest BCUT2D eigenvalue weighted by atomic mass is 16.5. The molecule has 0 fully saturated rings. The first-order chi connectivity index (χ1) is 9.51. The molecule has 0 N–H and O–H groups in total. The van der Waals surface area contributed by atoms with E-state index in [0.717, 1.165) is 17.6 Å². The monoisotopic (exact) mass is 268 g/mol. The molecular weight excluding hydrogens is 248 g/mol. The summed E-state index contributed by atoms with van der Waals surface area (Å²) in [5.41, 5.74) is 4.15. The molecule has 0 aliphatic rings. The lowest BCUT2D eigenvalue weighted by atomic mass is 9.98. The molecule has 0 aliphatic carbocycles. The van der Waals surface area contributed by atoms with Crippen LogP contribution in [-0.2, 0) is 0 Å². The molecule has 104 valence electrons. The Kier molecular flexibility index (Phi) is 4.23. The minimum atomic E-state index is 0.494. The Balaban J connectivity index is 2.31. The standard InChI is InChI=1S/C18H20O2/c1-12(2)17-7-6-16(10-14(17)4)20-18-8-5-13(3)9-15(18)11-19/h5-12H,1-4H3. The molecule has 2 heteroatoms. The third-order valence-electron chi connectivity index (χ3n) is 3.38. The molecule has 0 bridgehead atoms. The highest BCUT2D eigenvalue weighted by Crippen LogP contribution is 2.29. The Hall–Kier alpha value is -2.09. The predicted octanol–water partition coefficient (Wildman–Crippen LogP) is 5.03. The van der Waals surface area contributed by atoms with Gasteiger partial charge in [0.1, 0.15) is 11.5 Å². The van der Waals surface area contributed by atoms with Crippen molar-refractivity contribution in [3.05, 3.63) is 58.7 Å². The summed E-state index contributed by atoms with van der Waals surface area (Å²) < 4.78 is 5.84. The molecule has 2 aromatic rings. The third kappa shape index (κ3) is 3.08. The van der Waals surface area contributed by atoms with Crippen LogP contribution < -0.4 is 4.74 Å². The molecule has 2 rings (SSSR count). The molecule has 0 aromatic heterocycles. The quantitative estimate of drug-likeness (QED) is 0.727. The summed E-state index contributed by atoms with van der Waals surface area (Å²) in [5.74, 6) is 1.86. The highest BCUT2D eigenvalue weighted by Gasteiger charge is 2.08. The minimum absolute atomic E-state index is 0.494. The van der Waals surface area contributed by atoms with E-state index in [1.165, 1.54) is 11.1 Å². The van der Waals surface area contributed by atoms with E-state index in [1.807, 2.05) is 37.3 Å². The van der Waals surface area contributed by atoms with Crippen molar-refractivity contribution in [2.75, 3.05) is 0 Å². The van der Waals surface area contributed by atoms with E-state index in [1.54, 1.807) is 0 Å². The van der Waals surface area contributed by atoms with E-state index in [4.69, 9.17) is 4.74 Å². The number of benzene rings is 2. The Morgan fingerprint density at radius 2 is 1.80 bits per heavy atom. The maximum atomic E-state index is 11.1. The second-order valence-corrected chi connectivity index (χ2v) is 5.43. The summed E-state index contributed by atoms with van der Waals surface area (Å²) in [5, 5.41) is 0. The average molecular weight is 268 g/mol. The first-order valence-corrected chi connectivity index (χ1v) is 6.85. The normalized spacial score (nSPS) is 10.7. The number of rotatable bonds is 4. The molecule has 2 aromatic carbocycles. The molecule has 20 heavy (non-hydrogen) atoms. The van der Waals surface area contributed by atoms with Gasteiger partial charge >= 0.3 is 0 Å². The summed E-state index contributed by atoms with van der Waals surface area (Å²) in [6.07, 6.45) is 0.831. The van der Waals surface area contributed by atoms with Crippen molar-refractivity contribution in [3.63, 3.8) is 0 Å². The van der Waals surface area contributed by atoms with Crippen LogP contribution in [0.25, 0.3) is 0 Å². The van der Waals surface area contributed by atoms with Gasteiger partial charge in [-0.15, -0.1) is 0 Å². The first-order valence-electron chi connectivity index (χ1n) is 6.85. The summed E-state index contributed by atoms with van der Waals surface area (Å²) >= 11 is 0. The lowest BCUT2D eigenvalue weighted by Crippen LogP contribution is -1.95. The molecule has 0 unspecified atom stereocenters. The lowest BCUT2D eigenvalue weighted by molar-refractivity contribution is 0.112. The van der Waals surface area contributed by atoms with Gasteiger partial charge in [-0.05, 0) is 55.2 Å². The SMILES string of the molecule is Cc1ccc(Oc2ccc(C(C)C)c(C)c2)c(C=O)c1. The molecule has 0 radical (unpaired) electrons. The van der Waals surface area contributed by atoms with E-state index >= 15 is 0 Å². The molecular formula is C18H20O2. The van der Waals surface area contributed by atoms with E-state index in [-0.39, 0.29) is 0 Å². The van der Waals surface area contributed by atoms with Crippen LogP contribution in [0.2, 0.25) is 0 Å². The van der Waals surface area contributed by atoms with Crippen LogP contribution in [0.1, 0.15) is 46.8 Å². The van der Waals surface area contributed by atoms with Gasteiger partial charge in [-0.2, -0.15) is 0 Å². The average Bonchev–Trinajstić information content (AvgIpc) is 2.40. The Labute approximate surface area is 120 Å². The van der Waals surface area contributed by atoms with Crippen LogP contribution in [0.5, 0.6) is 11.5 Å². The fraction of sp³-hybridized carbons (Fsp3) is 0.278. The molecule has 0 saturated heterocycles. The van der Waals surface area contributed by atoms with Gasteiger partial charge in [-0.25, -0.2) is 0 Å². The smallest absolute Gasteiger partial charge is 0.153 e. The number of carbonyl (C=O) groups excluding carboxylic acids is 1. The van der Waals surface area contributed by atoms with Gasteiger partial charge < -0.3 is 4.74 Å². The van der Waals surface area contributed by atoms with E-state index in [9.17, 15) is 4.79 Å². The molecule has 0 amide bonds. The van der Waals surface area contributed by atoms with Crippen LogP contribution in [0.3, 0.4) is 0 Å². The summed E-state index contributed by atoms with van der Waals surface area (Å²) in [6, 6.07) is 11.7. The Morgan fingerprint density at radius 3 is 2.40 bits per heavy atom. The fourth-order valence-corrected chi connectivity index (χ4v) is 2.34. The van der Waals surface area contributed by atoms with Gasteiger partial charge in [-0.1, -0.05) is 31.5 Å². The highest BCUT2D eigenvalue weighted by molar-refractivity contribution is 5.79. The van der Waals surface area contributed by atoms with Crippen molar-refractivity contribution in [2.24, 2.45) is 0 Å². The number of hydrogen-bond donors (Lipinski definition) is 0. The van der Waals surface area contributed by atoms with Gasteiger partial charge in [0, 0.05) is 0 Å². The minimum Gasteiger partial charge on any atom is -0.457 e. The van der Waals surface area contributed by atoms with Crippen LogP contribution >= 0.6 is 0 Å². The van der Waals surface area contributed by atoms with E-state index < -0.39 is 0 Å². The predicted molar refractivity (Wildman–Crippen MR) is 81.9 cm³/mol. The second-order valence-electron chi connectivity index (χ2n) is 5.43. The van der Waals surface area contributed by atoms with Gasteiger partial charge in [-0.3, -0.25) is 4.79 Å². The van der Waals surface area contributed by atoms with Crippen LogP contribution in [0.4, 0.5) is 0 Å². The van der Waals surface area contributed by atoms with Crippen molar-refractivity contribution >= 4 is 6.29 Å². The van der Waals surface area contributed by atoms with Crippen molar-refractivity contribution in [1.29, 1.82) is 0 Å². The van der Waals surface area contributed by atoms with Gasteiger partial charge in [0.2, 0.25) is 0 Å². The van der Waals surface area contributed by atoms with Gasteiger partial charge in [0.05, 0.1) is 5.56 Å². The fourth-order valence-electron chi connectivity index (χ4n) is 2.34. The number of ether oxygens (including phenoxy) is 1. The van der Waals surface area contributed by atoms with Gasteiger partial charge in [0.15, 0.2) is 6.29 Å². The van der Waals surface area contributed by atoms with Crippen LogP contribution in [-0.4, -0.2) is 6.29 Å². The topological polar surface area (TPSA) is 26.3 Å². The second kappa shape index (κ2) is 5.91. The molecule has 0 heterocycles. The molecule has 0 saturated carbocycles. The van der Waals surface area contributed by atoms with Crippen molar-refractivity contribution in [1.82, 2.24) is 0 Å². The largest absolute Gasteiger partial charge is 0.457 e. The molecule has 0 aliphatic heterocycles. The zero-order chi connectivity index (χ0) is 14.7. The summed E-state index contributed by atoms with van der Waals surface area (Å²) in [7, 11) is 0. The Bertz CT molecular complexity index is 627. The molecule has 0 spiro atoms. The number of aldehydes is 1. The van der Waals surface area contributed by atoms with Crippen LogP contribution in [0.15, 0.2) is 36.4 Å². The Morgan fingerprint density at radius 1 is 1.05 bits per heavy atom. The van der Waals surface area contributed by atoms with Crippen molar-refractivity contribution in [2.45, 2.75) is 33.6 Å². The maximum Gasteiger partial charge on any atom is 0.153 e. The molecule has 0 atom stereocenters. The van der Waals surface area contributed by atoms with Gasteiger partial charge in [0.25, 0.3) is 0 Å². The van der Waals surface area contributed by atoms with E-state index in [0.29, 0.717) is 17.2 Å². The maximum absolute atomic E-state index is 11.1.